The number of hydrogen-bond donors (Lipinski definition) is 0. The maximum absolute atomic E-state index is 11.7. The summed E-state index contributed by atoms with van der Waals surface area (Å²) in [7, 11) is 0. The van der Waals surface area contributed by atoms with Crippen LogP contribution in [0.5, 0.6) is 0 Å². The number of allylic oxidation sites excluding steroid dienone is 2. The molecule has 2 heteroatoms. The maximum atomic E-state index is 11.7. The van der Waals surface area contributed by atoms with Crippen LogP contribution in [0.25, 0.3) is 0 Å². The average Bonchev–Trinajstić information content (AvgIpc) is 2.20. The molecule has 0 fully saturated rings. The van der Waals surface area contributed by atoms with E-state index in [0.717, 1.165) is 41.9 Å². The van der Waals surface area contributed by atoms with Gasteiger partial charge in [0.15, 0.2) is 0 Å². The third-order valence-corrected chi connectivity index (χ3v) is 4.04. The normalized spacial score (nSPS) is 11.8. The number of unbranched alkanes of at least 4 members (excludes halogenated alkanes) is 2. The van der Waals surface area contributed by atoms with Gasteiger partial charge in [0.2, 0.25) is 0 Å². The van der Waals surface area contributed by atoms with Crippen molar-refractivity contribution in [2.45, 2.75) is 58.2 Å². The zero-order chi connectivity index (χ0) is 10.8. The number of ketones is 1. The second kappa shape index (κ2) is 9.48. The van der Waals surface area contributed by atoms with Crippen LogP contribution in [0.15, 0.2) is 10.5 Å². The van der Waals surface area contributed by atoms with Gasteiger partial charge >= 0.3 is 94.3 Å². The van der Waals surface area contributed by atoms with E-state index in [0.29, 0.717) is 20.7 Å². The van der Waals surface area contributed by atoms with Crippen molar-refractivity contribution in [3.05, 3.63) is 10.5 Å². The Morgan fingerprint density at radius 3 is 2.43 bits per heavy atom. The summed E-state index contributed by atoms with van der Waals surface area (Å²) in [6.45, 7) is 6.45. The van der Waals surface area contributed by atoms with E-state index >= 15 is 0 Å². The van der Waals surface area contributed by atoms with Crippen LogP contribution in [0.1, 0.15) is 52.9 Å². The van der Waals surface area contributed by atoms with Gasteiger partial charge in [0.25, 0.3) is 0 Å². The molecule has 0 atom stereocenters. The predicted molar refractivity (Wildman–Crippen MR) is 63.8 cm³/mol. The Morgan fingerprint density at radius 2 is 1.93 bits per heavy atom. The zero-order valence-corrected chi connectivity index (χ0v) is 11.3. The molecule has 0 aliphatic carbocycles. The number of hydrogen-bond acceptors (Lipinski definition) is 1. The van der Waals surface area contributed by atoms with Crippen molar-refractivity contribution in [1.29, 1.82) is 0 Å². The fourth-order valence-corrected chi connectivity index (χ4v) is 2.84. The zero-order valence-electron chi connectivity index (χ0n) is 9.64. The minimum absolute atomic E-state index is 0.405. The van der Waals surface area contributed by atoms with Crippen molar-refractivity contribution in [3.8, 4) is 0 Å². The van der Waals surface area contributed by atoms with Crippen LogP contribution in [-0.2, 0) is 4.79 Å². The molecule has 0 aliphatic rings. The molecule has 0 heterocycles. The molecule has 0 aromatic rings. The van der Waals surface area contributed by atoms with Gasteiger partial charge in [0.1, 0.15) is 0 Å². The molecule has 82 valence electrons. The first-order valence-electron chi connectivity index (χ1n) is 5.62. The summed E-state index contributed by atoms with van der Waals surface area (Å²) in [4.78, 5) is 11.7. The van der Waals surface area contributed by atoms with Gasteiger partial charge in [0.05, 0.1) is 0 Å². The van der Waals surface area contributed by atoms with Gasteiger partial charge in [-0.2, -0.15) is 0 Å². The molecule has 0 aliphatic heterocycles. The van der Waals surface area contributed by atoms with E-state index in [1.54, 1.807) is 0 Å². The topological polar surface area (TPSA) is 17.1 Å². The van der Waals surface area contributed by atoms with Crippen molar-refractivity contribution in [2.24, 2.45) is 0 Å². The number of carbonyl (C=O) groups is 1. The molecule has 0 rings (SSSR count). The SMILES string of the molecule is CCC/C=C(\[Se]CC)C(=O)CCCC. The van der Waals surface area contributed by atoms with Gasteiger partial charge in [0, 0.05) is 0 Å². The molecule has 1 nitrogen and oxygen atoms in total. The minimum atomic E-state index is 0.405. The van der Waals surface area contributed by atoms with Gasteiger partial charge < -0.3 is 0 Å². The van der Waals surface area contributed by atoms with Gasteiger partial charge in [-0.15, -0.1) is 0 Å². The van der Waals surface area contributed by atoms with E-state index in [1.807, 2.05) is 0 Å². The molecule has 0 saturated heterocycles. The third-order valence-electron chi connectivity index (χ3n) is 1.95. The van der Waals surface area contributed by atoms with Crippen LogP contribution in [-0.4, -0.2) is 20.7 Å². The molecule has 0 amide bonds. The van der Waals surface area contributed by atoms with Crippen molar-refractivity contribution < 1.29 is 4.79 Å². The standard InChI is InChI=1S/C12H22OSe/c1-4-7-9-11(13)12(14-6-3)10-8-5-2/h10H,4-9H2,1-3H3/b12-10-. The Labute approximate surface area is 94.5 Å². The summed E-state index contributed by atoms with van der Waals surface area (Å²) in [6, 6.07) is 0. The van der Waals surface area contributed by atoms with Crippen LogP contribution in [0.3, 0.4) is 0 Å². The van der Waals surface area contributed by atoms with Crippen LogP contribution in [0, 0.1) is 0 Å². The van der Waals surface area contributed by atoms with Crippen LogP contribution < -0.4 is 0 Å². The number of carbonyl (C=O) groups excluding carboxylic acids is 1. The average molecular weight is 261 g/mol. The van der Waals surface area contributed by atoms with E-state index in [9.17, 15) is 4.79 Å². The fourth-order valence-electron chi connectivity index (χ4n) is 1.14. The van der Waals surface area contributed by atoms with Crippen LogP contribution in [0.2, 0.25) is 5.32 Å². The van der Waals surface area contributed by atoms with Gasteiger partial charge in [-0.1, -0.05) is 0 Å². The molecule has 0 aromatic carbocycles. The molecule has 0 bridgehead atoms. The van der Waals surface area contributed by atoms with Crippen LogP contribution >= 0.6 is 0 Å². The Hall–Kier alpha value is -0.0705. The molecule has 0 radical (unpaired) electrons. The first-order chi connectivity index (χ1) is 6.76. The van der Waals surface area contributed by atoms with E-state index in [4.69, 9.17) is 0 Å². The van der Waals surface area contributed by atoms with Crippen molar-refractivity contribution >= 4 is 20.7 Å². The van der Waals surface area contributed by atoms with Crippen molar-refractivity contribution in [1.82, 2.24) is 0 Å². The Balaban J connectivity index is 4.10. The third kappa shape index (κ3) is 6.39. The molecule has 0 saturated carbocycles. The summed E-state index contributed by atoms with van der Waals surface area (Å²) < 4.78 is 1.13. The number of Topliss-reactive ketones (excluding diaryl/α,β-unsaturated/α-hetero) is 1. The Kier molecular flexibility index (Phi) is 9.44. The first kappa shape index (κ1) is 13.9. The van der Waals surface area contributed by atoms with E-state index < -0.39 is 0 Å². The van der Waals surface area contributed by atoms with E-state index in [-0.39, 0.29) is 0 Å². The Bertz CT molecular complexity index is 185. The summed E-state index contributed by atoms with van der Waals surface area (Å²) in [5.41, 5.74) is 0. The second-order valence-electron chi connectivity index (χ2n) is 3.32. The van der Waals surface area contributed by atoms with Crippen molar-refractivity contribution in [2.75, 3.05) is 0 Å². The van der Waals surface area contributed by atoms with Gasteiger partial charge in [-0.05, 0) is 0 Å². The Morgan fingerprint density at radius 1 is 1.21 bits per heavy atom. The first-order valence-corrected chi connectivity index (χ1v) is 7.69. The fraction of sp³-hybridized carbons (Fsp3) is 0.750. The predicted octanol–water partition coefficient (Wildman–Crippen LogP) is 3.57. The van der Waals surface area contributed by atoms with E-state index in [2.05, 4.69) is 26.8 Å². The van der Waals surface area contributed by atoms with E-state index in [1.165, 1.54) is 0 Å². The molecular formula is C12H22OSe. The van der Waals surface area contributed by atoms with Gasteiger partial charge in [-0.3, -0.25) is 0 Å². The molecule has 0 N–H and O–H groups in total. The molecule has 0 spiro atoms. The summed E-state index contributed by atoms with van der Waals surface area (Å²) >= 11 is 0.417. The second-order valence-corrected chi connectivity index (χ2v) is 6.06. The molecule has 14 heavy (non-hydrogen) atoms. The summed E-state index contributed by atoms with van der Waals surface area (Å²) in [5, 5.41) is 1.14. The molecule has 0 unspecified atom stereocenters. The van der Waals surface area contributed by atoms with Crippen molar-refractivity contribution in [3.63, 3.8) is 0 Å². The summed E-state index contributed by atoms with van der Waals surface area (Å²) in [5.74, 6) is 0.405. The molecule has 0 aromatic heterocycles. The van der Waals surface area contributed by atoms with Crippen LogP contribution in [0.4, 0.5) is 0 Å². The quantitative estimate of drug-likeness (QED) is 0.482. The number of rotatable bonds is 8. The van der Waals surface area contributed by atoms with Gasteiger partial charge in [-0.25, -0.2) is 0 Å². The summed E-state index contributed by atoms with van der Waals surface area (Å²) in [6.07, 6.45) is 7.29. The monoisotopic (exact) mass is 262 g/mol. The molecular weight excluding hydrogens is 239 g/mol.